The molecule has 0 saturated heterocycles. The highest BCUT2D eigenvalue weighted by Gasteiger charge is 2.16. The van der Waals surface area contributed by atoms with E-state index >= 15 is 0 Å². The first kappa shape index (κ1) is 29.2. The summed E-state index contributed by atoms with van der Waals surface area (Å²) in [6.45, 7) is 1.98. The summed E-state index contributed by atoms with van der Waals surface area (Å²) in [4.78, 5) is 39.6. The molecule has 0 radical (unpaired) electrons. The van der Waals surface area contributed by atoms with Crippen LogP contribution in [0.5, 0.6) is 11.5 Å². The second kappa shape index (κ2) is 14.0. The molecule has 208 valence electrons. The lowest BCUT2D eigenvalue weighted by atomic mass is 10.1. The van der Waals surface area contributed by atoms with E-state index in [9.17, 15) is 14.4 Å². The van der Waals surface area contributed by atoms with Gasteiger partial charge in [-0.15, -0.1) is 11.8 Å². The number of amides is 2. The Hall–Kier alpha value is -4.82. The Balaban J connectivity index is 1.48. The maximum absolute atomic E-state index is 13.3. The average Bonchev–Trinajstić information content (AvgIpc) is 3.00. The molecule has 2 N–H and O–H groups in total. The summed E-state index contributed by atoms with van der Waals surface area (Å²) in [5, 5.41) is 5.57. The minimum atomic E-state index is -0.501. The summed E-state index contributed by atoms with van der Waals surface area (Å²) in [7, 11) is 3.06. The number of nitrogens with one attached hydrogen (secondary N) is 2. The molecule has 0 bridgehead atoms. The highest BCUT2D eigenvalue weighted by atomic mass is 32.2. The topological polar surface area (TPSA) is 93.7 Å². The summed E-state index contributed by atoms with van der Waals surface area (Å²) in [5.41, 5.74) is 3.42. The third-order valence-corrected chi connectivity index (χ3v) is 7.12. The number of hydrogen-bond acceptors (Lipinski definition) is 6. The maximum Gasteiger partial charge on any atom is 0.272 e. The third kappa shape index (κ3) is 8.09. The second-order valence-electron chi connectivity index (χ2n) is 9.05. The molecule has 0 aromatic heterocycles. The largest absolute Gasteiger partial charge is 0.493 e. The number of benzene rings is 4. The van der Waals surface area contributed by atoms with Gasteiger partial charge in [0.1, 0.15) is 5.70 Å². The summed E-state index contributed by atoms with van der Waals surface area (Å²) < 4.78 is 10.7. The van der Waals surface area contributed by atoms with E-state index < -0.39 is 11.8 Å². The van der Waals surface area contributed by atoms with Gasteiger partial charge in [-0.25, -0.2) is 0 Å². The second-order valence-corrected chi connectivity index (χ2v) is 10.1. The van der Waals surface area contributed by atoms with Crippen LogP contribution in [0.15, 0.2) is 108 Å². The zero-order valence-corrected chi connectivity index (χ0v) is 23.8. The van der Waals surface area contributed by atoms with Gasteiger partial charge in [0.25, 0.3) is 11.8 Å². The van der Waals surface area contributed by atoms with E-state index in [0.29, 0.717) is 39.6 Å². The number of hydrogen-bond donors (Lipinski definition) is 2. The lowest BCUT2D eigenvalue weighted by molar-refractivity contribution is -0.113. The molecule has 0 aliphatic rings. The van der Waals surface area contributed by atoms with Crippen LogP contribution in [-0.4, -0.2) is 37.6 Å². The van der Waals surface area contributed by atoms with E-state index in [-0.39, 0.29) is 11.5 Å². The number of ether oxygens (including phenoxy) is 2. The molecule has 2 amide bonds. The number of aryl methyl sites for hydroxylation is 1. The number of methoxy groups -OCH3 is 2. The van der Waals surface area contributed by atoms with E-state index in [4.69, 9.17) is 9.47 Å². The molecule has 8 heteroatoms. The van der Waals surface area contributed by atoms with Crippen molar-refractivity contribution in [3.63, 3.8) is 0 Å². The standard InChI is InChI=1S/C33H30N2O5S/c1-22-9-12-24(13-10-22)29(36)21-41-27-16-14-26(15-17-27)34-33(38)28(35-32(37)25-7-5-4-6-8-25)19-23-11-18-30(39-2)31(20-23)40-3/h4-20H,21H2,1-3H3,(H,34,38)(H,35,37)/b28-19-. The molecule has 4 aromatic rings. The molecule has 0 aliphatic heterocycles. The van der Waals surface area contributed by atoms with Gasteiger partial charge in [-0.2, -0.15) is 0 Å². The molecule has 41 heavy (non-hydrogen) atoms. The number of Topliss-reactive ketones (excluding diaryl/α,β-unsaturated/α-hetero) is 1. The highest BCUT2D eigenvalue weighted by Crippen LogP contribution is 2.28. The zero-order valence-electron chi connectivity index (χ0n) is 23.0. The monoisotopic (exact) mass is 566 g/mol. The van der Waals surface area contributed by atoms with E-state index in [1.807, 2.05) is 49.4 Å². The normalized spacial score (nSPS) is 11.0. The Morgan fingerprint density at radius 1 is 0.780 bits per heavy atom. The molecule has 7 nitrogen and oxygen atoms in total. The number of thioether (sulfide) groups is 1. The van der Waals surface area contributed by atoms with Gasteiger partial charge in [-0.3, -0.25) is 14.4 Å². The van der Waals surface area contributed by atoms with Gasteiger partial charge >= 0.3 is 0 Å². The van der Waals surface area contributed by atoms with Crippen LogP contribution >= 0.6 is 11.8 Å². The minimum Gasteiger partial charge on any atom is -0.493 e. The maximum atomic E-state index is 13.3. The lowest BCUT2D eigenvalue weighted by Crippen LogP contribution is -2.30. The van der Waals surface area contributed by atoms with E-state index in [2.05, 4.69) is 10.6 Å². The summed E-state index contributed by atoms with van der Waals surface area (Å²) in [6.07, 6.45) is 1.57. The quantitative estimate of drug-likeness (QED) is 0.124. The van der Waals surface area contributed by atoms with Crippen molar-refractivity contribution in [3.8, 4) is 11.5 Å². The van der Waals surface area contributed by atoms with E-state index in [0.717, 1.165) is 10.5 Å². The highest BCUT2D eigenvalue weighted by molar-refractivity contribution is 8.00. The molecular formula is C33H30N2O5S. The molecule has 4 rings (SSSR count). The average molecular weight is 567 g/mol. The zero-order chi connectivity index (χ0) is 29.2. The number of rotatable bonds is 11. The van der Waals surface area contributed by atoms with Crippen molar-refractivity contribution in [2.75, 3.05) is 25.3 Å². The summed E-state index contributed by atoms with van der Waals surface area (Å²) >= 11 is 1.42. The SMILES string of the molecule is COc1ccc(/C=C(\NC(=O)c2ccccc2)C(=O)Nc2ccc(SCC(=O)c3ccc(C)cc3)cc2)cc1OC. The number of ketones is 1. The fourth-order valence-electron chi connectivity index (χ4n) is 3.86. The number of carbonyl (C=O) groups is 3. The predicted octanol–water partition coefficient (Wildman–Crippen LogP) is 6.40. The van der Waals surface area contributed by atoms with Gasteiger partial charge in [0.2, 0.25) is 0 Å². The third-order valence-electron chi connectivity index (χ3n) is 6.10. The van der Waals surface area contributed by atoms with Gasteiger partial charge in [0.05, 0.1) is 20.0 Å². The Morgan fingerprint density at radius 2 is 1.46 bits per heavy atom. The first-order chi connectivity index (χ1) is 19.9. The van der Waals surface area contributed by atoms with Crippen molar-refractivity contribution in [2.45, 2.75) is 11.8 Å². The predicted molar refractivity (Wildman–Crippen MR) is 163 cm³/mol. The molecular weight excluding hydrogens is 536 g/mol. The molecule has 0 spiro atoms. The Morgan fingerprint density at radius 3 is 2.12 bits per heavy atom. The molecule has 0 fully saturated rings. The summed E-state index contributed by atoms with van der Waals surface area (Å²) in [6, 6.07) is 28.5. The van der Waals surface area contributed by atoms with Crippen molar-refractivity contribution in [3.05, 3.63) is 125 Å². The van der Waals surface area contributed by atoms with Gasteiger partial charge in [0, 0.05) is 21.7 Å². The Labute approximate surface area is 243 Å². The molecule has 4 aromatic carbocycles. The van der Waals surface area contributed by atoms with Crippen LogP contribution in [0.25, 0.3) is 6.08 Å². The fraction of sp³-hybridized carbons (Fsp3) is 0.121. The summed E-state index contributed by atoms with van der Waals surface area (Å²) in [5.74, 6) is 0.466. The van der Waals surface area contributed by atoms with Gasteiger partial charge in [0.15, 0.2) is 17.3 Å². The Kier molecular flexibility index (Phi) is 9.96. The molecule has 0 heterocycles. The van der Waals surface area contributed by atoms with Crippen molar-refractivity contribution in [1.29, 1.82) is 0 Å². The molecule has 0 saturated carbocycles. The van der Waals surface area contributed by atoms with Crippen LogP contribution in [0.4, 0.5) is 5.69 Å². The van der Waals surface area contributed by atoms with Gasteiger partial charge in [-0.1, -0.05) is 54.1 Å². The molecule has 0 atom stereocenters. The van der Waals surface area contributed by atoms with Crippen LogP contribution in [0.3, 0.4) is 0 Å². The van der Waals surface area contributed by atoms with E-state index in [1.54, 1.807) is 60.7 Å². The van der Waals surface area contributed by atoms with Crippen LogP contribution in [0, 0.1) is 6.92 Å². The smallest absolute Gasteiger partial charge is 0.272 e. The van der Waals surface area contributed by atoms with Crippen molar-refractivity contribution in [1.82, 2.24) is 5.32 Å². The Bertz CT molecular complexity index is 1550. The minimum absolute atomic E-state index is 0.0477. The van der Waals surface area contributed by atoms with Gasteiger partial charge in [-0.05, 0) is 67.1 Å². The van der Waals surface area contributed by atoms with E-state index in [1.165, 1.54) is 26.0 Å². The van der Waals surface area contributed by atoms with Gasteiger partial charge < -0.3 is 20.1 Å². The fourth-order valence-corrected chi connectivity index (χ4v) is 4.65. The molecule has 0 unspecified atom stereocenters. The lowest BCUT2D eigenvalue weighted by Gasteiger charge is -2.13. The van der Waals surface area contributed by atoms with Crippen molar-refractivity contribution >= 4 is 41.1 Å². The van der Waals surface area contributed by atoms with Crippen molar-refractivity contribution in [2.24, 2.45) is 0 Å². The van der Waals surface area contributed by atoms with Crippen molar-refractivity contribution < 1.29 is 23.9 Å². The van der Waals surface area contributed by atoms with Crippen LogP contribution in [0.2, 0.25) is 0 Å². The number of carbonyl (C=O) groups excluding carboxylic acids is 3. The first-order valence-corrected chi connectivity index (χ1v) is 13.8. The van der Waals surface area contributed by atoms with Crippen LogP contribution in [0.1, 0.15) is 31.8 Å². The first-order valence-electron chi connectivity index (χ1n) is 12.8. The number of anilines is 1. The van der Waals surface area contributed by atoms with Crippen LogP contribution in [-0.2, 0) is 4.79 Å². The van der Waals surface area contributed by atoms with Crippen LogP contribution < -0.4 is 20.1 Å². The molecule has 0 aliphatic carbocycles.